The number of carbonyl (C=O) groups excluding carboxylic acids is 1. The van der Waals surface area contributed by atoms with Gasteiger partial charge in [-0.15, -0.1) is 0 Å². The van der Waals surface area contributed by atoms with Crippen LogP contribution in [-0.2, 0) is 11.2 Å². The van der Waals surface area contributed by atoms with Gasteiger partial charge in [-0.05, 0) is 49.7 Å². The predicted molar refractivity (Wildman–Crippen MR) is 89.1 cm³/mol. The van der Waals surface area contributed by atoms with Crippen molar-refractivity contribution in [1.82, 2.24) is 4.90 Å². The standard InChI is InChI=1S/C19H26N2O/c22-19(14-20-13-11-16-7-1-3-9-17(16)20)21-12-5-8-15-6-2-4-10-18(15)21/h1,3,7,9,15,18H,2,4-6,8,10-14H2. The molecule has 2 atom stereocenters. The zero-order chi connectivity index (χ0) is 14.9. The van der Waals surface area contributed by atoms with Crippen molar-refractivity contribution in [3.05, 3.63) is 29.8 Å². The monoisotopic (exact) mass is 298 g/mol. The molecule has 0 spiro atoms. The third-order valence-corrected chi connectivity index (χ3v) is 5.87. The summed E-state index contributed by atoms with van der Waals surface area (Å²) in [6.45, 7) is 2.54. The van der Waals surface area contributed by atoms with Crippen LogP contribution < -0.4 is 4.90 Å². The van der Waals surface area contributed by atoms with E-state index in [0.29, 0.717) is 18.5 Å². The Kier molecular flexibility index (Phi) is 3.81. The number of amides is 1. The second kappa shape index (κ2) is 5.94. The van der Waals surface area contributed by atoms with Gasteiger partial charge in [-0.2, -0.15) is 0 Å². The zero-order valence-corrected chi connectivity index (χ0v) is 13.3. The van der Waals surface area contributed by atoms with Gasteiger partial charge in [-0.3, -0.25) is 4.79 Å². The minimum atomic E-state index is 0.355. The number of rotatable bonds is 2. The van der Waals surface area contributed by atoms with E-state index in [1.807, 2.05) is 0 Å². The molecule has 3 aliphatic rings. The predicted octanol–water partition coefficient (Wildman–Crippen LogP) is 3.23. The average molecular weight is 298 g/mol. The number of hydrogen-bond donors (Lipinski definition) is 0. The molecule has 2 fully saturated rings. The number of nitrogens with zero attached hydrogens (tertiary/aromatic N) is 2. The summed E-state index contributed by atoms with van der Waals surface area (Å²) < 4.78 is 0. The van der Waals surface area contributed by atoms with E-state index in [2.05, 4.69) is 34.1 Å². The van der Waals surface area contributed by atoms with Crippen molar-refractivity contribution in [1.29, 1.82) is 0 Å². The van der Waals surface area contributed by atoms with E-state index in [1.165, 1.54) is 49.8 Å². The number of piperidine rings is 1. The fourth-order valence-corrected chi connectivity index (χ4v) is 4.76. The molecule has 1 amide bonds. The number of benzene rings is 1. The number of para-hydroxylation sites is 1. The van der Waals surface area contributed by atoms with Crippen molar-refractivity contribution in [2.75, 3.05) is 24.5 Å². The lowest BCUT2D eigenvalue weighted by Crippen LogP contribution is -2.52. The summed E-state index contributed by atoms with van der Waals surface area (Å²) >= 11 is 0. The van der Waals surface area contributed by atoms with Crippen molar-refractivity contribution in [3.63, 3.8) is 0 Å². The van der Waals surface area contributed by atoms with Crippen molar-refractivity contribution in [2.24, 2.45) is 5.92 Å². The summed E-state index contributed by atoms with van der Waals surface area (Å²) in [5.41, 5.74) is 2.66. The van der Waals surface area contributed by atoms with Crippen molar-refractivity contribution < 1.29 is 4.79 Å². The molecule has 4 rings (SSSR count). The van der Waals surface area contributed by atoms with E-state index < -0.39 is 0 Å². The molecule has 118 valence electrons. The van der Waals surface area contributed by atoms with Crippen LogP contribution in [0.15, 0.2) is 24.3 Å². The highest BCUT2D eigenvalue weighted by atomic mass is 16.2. The Morgan fingerprint density at radius 2 is 1.86 bits per heavy atom. The molecule has 2 unspecified atom stereocenters. The Morgan fingerprint density at radius 3 is 2.82 bits per heavy atom. The van der Waals surface area contributed by atoms with E-state index in [0.717, 1.165) is 25.4 Å². The van der Waals surface area contributed by atoms with E-state index in [4.69, 9.17) is 0 Å². The van der Waals surface area contributed by atoms with Gasteiger partial charge in [-0.1, -0.05) is 31.0 Å². The second-order valence-electron chi connectivity index (χ2n) is 7.14. The molecule has 2 heterocycles. The highest BCUT2D eigenvalue weighted by Crippen LogP contribution is 2.35. The van der Waals surface area contributed by atoms with Gasteiger partial charge in [0.05, 0.1) is 6.54 Å². The molecule has 1 aliphatic carbocycles. The first kappa shape index (κ1) is 14.1. The molecular formula is C19H26N2O. The van der Waals surface area contributed by atoms with Crippen LogP contribution in [0, 0.1) is 5.92 Å². The Hall–Kier alpha value is -1.51. The third kappa shape index (κ3) is 2.51. The minimum absolute atomic E-state index is 0.355. The van der Waals surface area contributed by atoms with Crippen LogP contribution in [0.5, 0.6) is 0 Å². The van der Waals surface area contributed by atoms with Gasteiger partial charge in [0.1, 0.15) is 0 Å². The van der Waals surface area contributed by atoms with E-state index in [1.54, 1.807) is 0 Å². The normalized spacial score (nSPS) is 27.5. The van der Waals surface area contributed by atoms with Crippen LogP contribution >= 0.6 is 0 Å². The number of likely N-dealkylation sites (tertiary alicyclic amines) is 1. The summed E-state index contributed by atoms with van der Waals surface area (Å²) in [4.78, 5) is 17.4. The van der Waals surface area contributed by atoms with Gasteiger partial charge in [0.2, 0.25) is 5.91 Å². The highest BCUT2D eigenvalue weighted by Gasteiger charge is 2.36. The molecule has 1 saturated heterocycles. The largest absolute Gasteiger partial charge is 0.362 e. The molecule has 0 radical (unpaired) electrons. The Balaban J connectivity index is 1.46. The molecule has 0 N–H and O–H groups in total. The first-order chi connectivity index (χ1) is 10.8. The number of fused-ring (bicyclic) bond motifs is 2. The fourth-order valence-electron chi connectivity index (χ4n) is 4.76. The maximum atomic E-state index is 12.9. The van der Waals surface area contributed by atoms with Gasteiger partial charge in [0.25, 0.3) is 0 Å². The van der Waals surface area contributed by atoms with Crippen LogP contribution in [0.2, 0.25) is 0 Å². The van der Waals surface area contributed by atoms with E-state index >= 15 is 0 Å². The molecule has 2 aliphatic heterocycles. The van der Waals surface area contributed by atoms with Gasteiger partial charge in [0, 0.05) is 24.8 Å². The minimum Gasteiger partial charge on any atom is -0.362 e. The molecule has 0 aromatic heterocycles. The molecule has 1 aromatic carbocycles. The third-order valence-electron chi connectivity index (χ3n) is 5.87. The summed E-state index contributed by atoms with van der Waals surface area (Å²) in [5, 5.41) is 0. The SMILES string of the molecule is O=C(CN1CCc2ccccc21)N1CCCC2CCCCC21. The first-order valence-corrected chi connectivity index (χ1v) is 8.95. The Labute approximate surface area is 133 Å². The number of carbonyl (C=O) groups is 1. The van der Waals surface area contributed by atoms with Crippen molar-refractivity contribution >= 4 is 11.6 Å². The van der Waals surface area contributed by atoms with Crippen LogP contribution in [0.4, 0.5) is 5.69 Å². The molecule has 1 saturated carbocycles. The van der Waals surface area contributed by atoms with Gasteiger partial charge >= 0.3 is 0 Å². The Bertz CT molecular complexity index is 554. The molecular weight excluding hydrogens is 272 g/mol. The van der Waals surface area contributed by atoms with Gasteiger partial charge in [0.15, 0.2) is 0 Å². The topological polar surface area (TPSA) is 23.6 Å². The van der Waals surface area contributed by atoms with Gasteiger partial charge in [-0.25, -0.2) is 0 Å². The maximum absolute atomic E-state index is 12.9. The van der Waals surface area contributed by atoms with Gasteiger partial charge < -0.3 is 9.80 Å². The summed E-state index contributed by atoms with van der Waals surface area (Å²) in [6, 6.07) is 9.07. The van der Waals surface area contributed by atoms with Crippen LogP contribution in [0.1, 0.15) is 44.1 Å². The first-order valence-electron chi connectivity index (χ1n) is 8.95. The van der Waals surface area contributed by atoms with E-state index in [-0.39, 0.29) is 0 Å². The summed E-state index contributed by atoms with van der Waals surface area (Å²) in [7, 11) is 0. The van der Waals surface area contributed by atoms with E-state index in [9.17, 15) is 4.79 Å². The molecule has 22 heavy (non-hydrogen) atoms. The molecule has 0 bridgehead atoms. The lowest BCUT2D eigenvalue weighted by Gasteiger charge is -2.44. The Morgan fingerprint density at radius 1 is 1.05 bits per heavy atom. The smallest absolute Gasteiger partial charge is 0.242 e. The van der Waals surface area contributed by atoms with Crippen LogP contribution in [0.25, 0.3) is 0 Å². The molecule has 3 nitrogen and oxygen atoms in total. The van der Waals surface area contributed by atoms with Crippen molar-refractivity contribution in [3.8, 4) is 0 Å². The fraction of sp³-hybridized carbons (Fsp3) is 0.632. The molecule has 3 heteroatoms. The van der Waals surface area contributed by atoms with Crippen molar-refractivity contribution in [2.45, 2.75) is 51.0 Å². The molecule has 1 aromatic rings. The van der Waals surface area contributed by atoms with Crippen LogP contribution in [-0.4, -0.2) is 36.5 Å². The quantitative estimate of drug-likeness (QED) is 0.837. The zero-order valence-electron chi connectivity index (χ0n) is 13.3. The summed E-state index contributed by atoms with van der Waals surface area (Å²) in [6.07, 6.45) is 8.84. The number of hydrogen-bond acceptors (Lipinski definition) is 2. The summed E-state index contributed by atoms with van der Waals surface area (Å²) in [5.74, 6) is 1.13. The van der Waals surface area contributed by atoms with Crippen LogP contribution in [0.3, 0.4) is 0 Å². The highest BCUT2D eigenvalue weighted by molar-refractivity contribution is 5.83. The second-order valence-corrected chi connectivity index (χ2v) is 7.14. The average Bonchev–Trinajstić information content (AvgIpc) is 2.97. The number of anilines is 1. The lowest BCUT2D eigenvalue weighted by molar-refractivity contribution is -0.136. The lowest BCUT2D eigenvalue weighted by atomic mass is 9.78. The maximum Gasteiger partial charge on any atom is 0.242 e.